The van der Waals surface area contributed by atoms with Crippen molar-refractivity contribution in [3.05, 3.63) is 11.1 Å². The van der Waals surface area contributed by atoms with Gasteiger partial charge in [-0.1, -0.05) is 22.0 Å². The summed E-state index contributed by atoms with van der Waals surface area (Å²) in [4.78, 5) is 21.9. The maximum absolute atomic E-state index is 10.2. The van der Waals surface area contributed by atoms with Crippen molar-refractivity contribution in [3.8, 4) is 0 Å². The summed E-state index contributed by atoms with van der Waals surface area (Å²) in [5, 5.41) is 16.7. The lowest BCUT2D eigenvalue weighted by molar-refractivity contribution is -0.154. The van der Waals surface area contributed by atoms with E-state index in [1.807, 2.05) is 0 Å². The Bertz CT molecular complexity index is 173. The number of hydrogen-bond donors (Lipinski definition) is 2. The average molecular weight is 223 g/mol. The van der Waals surface area contributed by atoms with E-state index in [-0.39, 0.29) is 6.42 Å². The number of allylic oxidation sites excluding steroid dienone is 1. The molecular weight excluding hydrogens is 216 g/mol. The third kappa shape index (κ3) is 3.77. The molecule has 0 rings (SSSR count). The van der Waals surface area contributed by atoms with E-state index in [0.29, 0.717) is 0 Å². The molecule has 4 nitrogen and oxygen atoms in total. The average Bonchev–Trinajstić information content (AvgIpc) is 1.87. The number of carboxylic acids is 2. The predicted octanol–water partition coefficient (Wildman–Crippen LogP) is 1.07. The van der Waals surface area contributed by atoms with E-state index in [4.69, 9.17) is 10.2 Å². The van der Waals surface area contributed by atoms with E-state index >= 15 is 0 Å². The Morgan fingerprint density at radius 3 is 2.09 bits per heavy atom. The molecule has 0 saturated heterocycles. The van der Waals surface area contributed by atoms with Crippen molar-refractivity contribution in [1.29, 1.82) is 0 Å². The van der Waals surface area contributed by atoms with Crippen LogP contribution in [-0.4, -0.2) is 22.2 Å². The number of carbonyl (C=O) groups is 2. The summed E-state index contributed by atoms with van der Waals surface area (Å²) in [6.45, 7) is 0. The highest BCUT2D eigenvalue weighted by Gasteiger charge is 2.23. The van der Waals surface area contributed by atoms with Gasteiger partial charge in [0.15, 0.2) is 5.92 Å². The summed E-state index contributed by atoms with van der Waals surface area (Å²) in [5.41, 5.74) is 0. The van der Waals surface area contributed by atoms with E-state index in [2.05, 4.69) is 15.9 Å². The van der Waals surface area contributed by atoms with Gasteiger partial charge in [0.2, 0.25) is 0 Å². The Morgan fingerprint density at radius 1 is 1.36 bits per heavy atom. The van der Waals surface area contributed by atoms with Gasteiger partial charge in [0.1, 0.15) is 0 Å². The molecule has 0 atom stereocenters. The molecule has 0 aromatic rings. The minimum Gasteiger partial charge on any atom is -0.481 e. The molecule has 11 heavy (non-hydrogen) atoms. The van der Waals surface area contributed by atoms with Gasteiger partial charge in [0.05, 0.1) is 0 Å². The molecule has 0 fully saturated rings. The second-order valence-electron chi connectivity index (χ2n) is 1.83. The Hall–Kier alpha value is -0.840. The molecule has 5 heteroatoms. The highest BCUT2D eigenvalue weighted by molar-refractivity contribution is 9.11. The highest BCUT2D eigenvalue weighted by Crippen LogP contribution is 2.05. The zero-order valence-electron chi connectivity index (χ0n) is 5.53. The highest BCUT2D eigenvalue weighted by atomic mass is 79.9. The lowest BCUT2D eigenvalue weighted by Crippen LogP contribution is -2.22. The predicted molar refractivity (Wildman–Crippen MR) is 41.4 cm³/mol. The number of carboxylic acid groups (broad SMARTS) is 2. The van der Waals surface area contributed by atoms with Gasteiger partial charge in [-0.3, -0.25) is 9.59 Å². The fraction of sp³-hybridized carbons (Fsp3) is 0.333. The summed E-state index contributed by atoms with van der Waals surface area (Å²) in [6.07, 6.45) is 1.43. The SMILES string of the molecule is O=C(O)C(CC=CBr)C(=O)O. The van der Waals surface area contributed by atoms with Crippen LogP contribution >= 0.6 is 15.9 Å². The molecule has 0 spiro atoms. The third-order valence-corrected chi connectivity index (χ3v) is 1.43. The van der Waals surface area contributed by atoms with Crippen LogP contribution in [0.5, 0.6) is 0 Å². The number of rotatable bonds is 4. The summed E-state index contributed by atoms with van der Waals surface area (Å²) in [6, 6.07) is 0. The van der Waals surface area contributed by atoms with E-state index in [9.17, 15) is 9.59 Å². The molecule has 62 valence electrons. The molecule has 0 bridgehead atoms. The normalized spacial score (nSPS) is 10.7. The maximum atomic E-state index is 10.2. The van der Waals surface area contributed by atoms with Crippen molar-refractivity contribution in [2.45, 2.75) is 6.42 Å². The Morgan fingerprint density at radius 2 is 1.82 bits per heavy atom. The zero-order valence-corrected chi connectivity index (χ0v) is 7.11. The smallest absolute Gasteiger partial charge is 0.318 e. The van der Waals surface area contributed by atoms with E-state index in [1.54, 1.807) is 0 Å². The Balaban J connectivity index is 4.12. The van der Waals surface area contributed by atoms with Gasteiger partial charge in [-0.2, -0.15) is 0 Å². The van der Waals surface area contributed by atoms with Crippen LogP contribution in [0.4, 0.5) is 0 Å². The topological polar surface area (TPSA) is 74.6 Å². The fourth-order valence-corrected chi connectivity index (χ4v) is 0.711. The number of hydrogen-bond acceptors (Lipinski definition) is 2. The van der Waals surface area contributed by atoms with Gasteiger partial charge in [-0.15, -0.1) is 0 Å². The summed E-state index contributed by atoms with van der Waals surface area (Å²) in [7, 11) is 0. The van der Waals surface area contributed by atoms with E-state index in [1.165, 1.54) is 11.1 Å². The molecule has 0 aliphatic rings. The Labute approximate surface area is 71.7 Å². The van der Waals surface area contributed by atoms with Gasteiger partial charge in [0.25, 0.3) is 0 Å². The summed E-state index contributed by atoms with van der Waals surface area (Å²) < 4.78 is 0. The summed E-state index contributed by atoms with van der Waals surface area (Å²) >= 11 is 2.91. The molecule has 0 saturated carbocycles. The molecule has 0 aromatic carbocycles. The molecular formula is C6H7BrO4. The van der Waals surface area contributed by atoms with E-state index < -0.39 is 17.9 Å². The van der Waals surface area contributed by atoms with Crippen LogP contribution in [0.25, 0.3) is 0 Å². The van der Waals surface area contributed by atoms with Gasteiger partial charge in [-0.05, 0) is 11.4 Å². The molecule has 0 radical (unpaired) electrons. The minimum absolute atomic E-state index is 0.00405. The van der Waals surface area contributed by atoms with Gasteiger partial charge >= 0.3 is 11.9 Å². The molecule has 0 heterocycles. The second-order valence-corrected chi connectivity index (χ2v) is 2.36. The molecule has 2 N–H and O–H groups in total. The quantitative estimate of drug-likeness (QED) is 0.699. The first kappa shape index (κ1) is 10.2. The molecule has 0 amide bonds. The third-order valence-electron chi connectivity index (χ3n) is 1.06. The van der Waals surface area contributed by atoms with Crippen molar-refractivity contribution in [2.75, 3.05) is 0 Å². The van der Waals surface area contributed by atoms with Crippen molar-refractivity contribution in [2.24, 2.45) is 5.92 Å². The number of aliphatic carboxylic acids is 2. The standard InChI is InChI=1S/C6H7BrO4/c7-3-1-2-4(5(8)9)6(10)11/h1,3-4H,2H2,(H,8,9)(H,10,11). The first-order valence-corrected chi connectivity index (χ1v) is 3.72. The van der Waals surface area contributed by atoms with Crippen LogP contribution in [0.1, 0.15) is 6.42 Å². The van der Waals surface area contributed by atoms with E-state index in [0.717, 1.165) is 0 Å². The van der Waals surface area contributed by atoms with Gasteiger partial charge in [0, 0.05) is 0 Å². The van der Waals surface area contributed by atoms with Crippen LogP contribution in [0, 0.1) is 5.92 Å². The zero-order chi connectivity index (χ0) is 8.85. The molecule has 0 aliphatic heterocycles. The lowest BCUT2D eigenvalue weighted by atomic mass is 10.1. The molecule has 0 unspecified atom stereocenters. The van der Waals surface area contributed by atoms with Crippen molar-refractivity contribution < 1.29 is 19.8 Å². The van der Waals surface area contributed by atoms with Gasteiger partial charge < -0.3 is 10.2 Å². The Kier molecular flexibility index (Phi) is 4.52. The fourth-order valence-electron chi connectivity index (χ4n) is 0.495. The maximum Gasteiger partial charge on any atom is 0.318 e. The monoisotopic (exact) mass is 222 g/mol. The number of halogens is 1. The molecule has 0 aliphatic carbocycles. The first-order valence-electron chi connectivity index (χ1n) is 2.80. The van der Waals surface area contributed by atoms with Crippen molar-refractivity contribution >= 4 is 27.9 Å². The lowest BCUT2D eigenvalue weighted by Gasteiger charge is -2.01. The summed E-state index contributed by atoms with van der Waals surface area (Å²) in [5.74, 6) is -3.98. The van der Waals surface area contributed by atoms with Gasteiger partial charge in [-0.25, -0.2) is 0 Å². The van der Waals surface area contributed by atoms with Crippen LogP contribution in [0.15, 0.2) is 11.1 Å². The van der Waals surface area contributed by atoms with Crippen LogP contribution in [0.3, 0.4) is 0 Å². The van der Waals surface area contributed by atoms with Crippen molar-refractivity contribution in [3.63, 3.8) is 0 Å². The molecule has 0 aromatic heterocycles. The first-order chi connectivity index (χ1) is 5.09. The minimum atomic E-state index is -1.34. The van der Waals surface area contributed by atoms with Crippen LogP contribution in [0.2, 0.25) is 0 Å². The van der Waals surface area contributed by atoms with Crippen molar-refractivity contribution in [1.82, 2.24) is 0 Å². The van der Waals surface area contributed by atoms with Crippen LogP contribution in [-0.2, 0) is 9.59 Å². The largest absolute Gasteiger partial charge is 0.481 e. The second kappa shape index (κ2) is 4.90. The van der Waals surface area contributed by atoms with Crippen LogP contribution < -0.4 is 0 Å².